The van der Waals surface area contributed by atoms with Crippen LogP contribution in [-0.4, -0.2) is 45.2 Å². The molecule has 0 bridgehead atoms. The fourth-order valence-corrected chi connectivity index (χ4v) is 4.32. The Kier molecular flexibility index (Phi) is 5.76. The number of benzene rings is 2. The van der Waals surface area contributed by atoms with Crippen LogP contribution in [0.25, 0.3) is 10.9 Å². The second-order valence-electron chi connectivity index (χ2n) is 7.70. The third kappa shape index (κ3) is 4.66. The number of hydrogen-bond acceptors (Lipinski definition) is 4. The maximum Gasteiger partial charge on any atom is 0.573 e. The zero-order chi connectivity index (χ0) is 23.2. The van der Waals surface area contributed by atoms with E-state index in [0.29, 0.717) is 48.2 Å². The van der Waals surface area contributed by atoms with Crippen molar-refractivity contribution in [1.29, 1.82) is 0 Å². The van der Waals surface area contributed by atoms with E-state index in [-0.39, 0.29) is 16.8 Å². The summed E-state index contributed by atoms with van der Waals surface area (Å²) in [6, 6.07) is 6.33. The largest absolute Gasteiger partial charge is 0.573 e. The second-order valence-corrected chi connectivity index (χ2v) is 8.14. The molecule has 1 N–H and O–H groups in total. The number of ether oxygens (including phenoxy) is 1. The van der Waals surface area contributed by atoms with Crippen LogP contribution in [0.3, 0.4) is 0 Å². The summed E-state index contributed by atoms with van der Waals surface area (Å²) in [6.45, 7) is 3.24. The Morgan fingerprint density at radius 1 is 1.28 bits per heavy atom. The van der Waals surface area contributed by atoms with Crippen molar-refractivity contribution >= 4 is 28.5 Å². The highest BCUT2D eigenvalue weighted by molar-refractivity contribution is 6.30. The molecule has 0 unspecified atom stereocenters. The molecule has 2 heterocycles. The number of aromatic carboxylic acids is 1. The molecule has 0 spiro atoms. The van der Waals surface area contributed by atoms with Crippen LogP contribution in [0.4, 0.5) is 17.6 Å². The van der Waals surface area contributed by atoms with E-state index >= 15 is 0 Å². The number of hydrogen-bond donors (Lipinski definition) is 1. The van der Waals surface area contributed by atoms with E-state index in [4.69, 9.17) is 16.7 Å². The predicted octanol–water partition coefficient (Wildman–Crippen LogP) is 5.18. The second kappa shape index (κ2) is 8.25. The van der Waals surface area contributed by atoms with Gasteiger partial charge in [0.1, 0.15) is 11.6 Å². The minimum absolute atomic E-state index is 0.105. The molecular formula is C21H18ClF4N3O3. The molecule has 6 nitrogen and oxygen atoms in total. The van der Waals surface area contributed by atoms with Gasteiger partial charge in [-0.2, -0.15) is 5.10 Å². The van der Waals surface area contributed by atoms with Crippen molar-refractivity contribution in [2.75, 3.05) is 13.1 Å². The monoisotopic (exact) mass is 471 g/mol. The van der Waals surface area contributed by atoms with Gasteiger partial charge >= 0.3 is 12.3 Å². The molecule has 1 saturated heterocycles. The highest BCUT2D eigenvalue weighted by Gasteiger charge is 2.32. The quantitative estimate of drug-likeness (QED) is 0.519. The summed E-state index contributed by atoms with van der Waals surface area (Å²) in [5, 5.41) is 14.3. The Morgan fingerprint density at radius 2 is 2.03 bits per heavy atom. The van der Waals surface area contributed by atoms with Crippen molar-refractivity contribution in [2.45, 2.75) is 32.3 Å². The fraction of sp³-hybridized carbons (Fsp3) is 0.333. The van der Waals surface area contributed by atoms with Gasteiger partial charge < -0.3 is 9.84 Å². The first kappa shape index (κ1) is 22.3. The van der Waals surface area contributed by atoms with Gasteiger partial charge in [-0.15, -0.1) is 13.2 Å². The van der Waals surface area contributed by atoms with Gasteiger partial charge in [0, 0.05) is 36.1 Å². The summed E-state index contributed by atoms with van der Waals surface area (Å²) in [5.41, 5.74) is 1.24. The topological polar surface area (TPSA) is 67.6 Å². The van der Waals surface area contributed by atoms with E-state index in [0.717, 1.165) is 6.07 Å². The van der Waals surface area contributed by atoms with E-state index in [1.165, 1.54) is 18.2 Å². The average Bonchev–Trinajstić information content (AvgIpc) is 3.23. The van der Waals surface area contributed by atoms with Gasteiger partial charge in [0.25, 0.3) is 0 Å². The Labute approximate surface area is 184 Å². The van der Waals surface area contributed by atoms with Gasteiger partial charge in [-0.1, -0.05) is 11.6 Å². The van der Waals surface area contributed by atoms with Gasteiger partial charge in [0.15, 0.2) is 0 Å². The minimum Gasteiger partial charge on any atom is -0.478 e. The molecular weight excluding hydrogens is 454 g/mol. The Morgan fingerprint density at radius 3 is 2.72 bits per heavy atom. The zero-order valence-electron chi connectivity index (χ0n) is 16.8. The van der Waals surface area contributed by atoms with Crippen molar-refractivity contribution in [3.63, 3.8) is 0 Å². The molecule has 0 aliphatic carbocycles. The highest BCUT2D eigenvalue weighted by Crippen LogP contribution is 2.32. The zero-order valence-corrected chi connectivity index (χ0v) is 17.5. The van der Waals surface area contributed by atoms with Crippen LogP contribution in [0.15, 0.2) is 30.3 Å². The minimum atomic E-state index is -4.81. The first-order valence-electron chi connectivity index (χ1n) is 9.69. The number of carboxylic acid groups (broad SMARTS) is 1. The molecule has 2 aromatic carbocycles. The van der Waals surface area contributed by atoms with Crippen LogP contribution in [-0.2, 0) is 6.54 Å². The third-order valence-corrected chi connectivity index (χ3v) is 5.59. The number of nitrogens with zero attached hydrogens (tertiary/aromatic N) is 3. The van der Waals surface area contributed by atoms with E-state index < -0.39 is 23.7 Å². The number of carboxylic acids is 1. The molecule has 1 aromatic heterocycles. The number of aryl methyl sites for hydroxylation is 1. The molecule has 1 atom stereocenters. The van der Waals surface area contributed by atoms with Crippen LogP contribution in [0.1, 0.15) is 34.1 Å². The normalized spacial score (nSPS) is 17.2. The molecule has 4 rings (SSSR count). The van der Waals surface area contributed by atoms with Crippen LogP contribution in [0, 0.1) is 12.7 Å². The first-order chi connectivity index (χ1) is 15.0. The maximum atomic E-state index is 14.3. The molecule has 1 fully saturated rings. The molecule has 3 aromatic rings. The number of halogens is 5. The van der Waals surface area contributed by atoms with Gasteiger partial charge in [0.2, 0.25) is 0 Å². The van der Waals surface area contributed by atoms with Crippen LogP contribution in [0.2, 0.25) is 5.02 Å². The van der Waals surface area contributed by atoms with E-state index in [9.17, 15) is 22.4 Å². The van der Waals surface area contributed by atoms with Crippen molar-refractivity contribution < 1.29 is 32.2 Å². The Balaban J connectivity index is 1.54. The van der Waals surface area contributed by atoms with Crippen molar-refractivity contribution in [1.82, 2.24) is 14.7 Å². The smallest absolute Gasteiger partial charge is 0.478 e. The first-order valence-corrected chi connectivity index (χ1v) is 10.1. The van der Waals surface area contributed by atoms with Crippen molar-refractivity contribution in [3.05, 3.63) is 58.0 Å². The van der Waals surface area contributed by atoms with E-state index in [1.807, 2.05) is 4.90 Å². The molecule has 0 amide bonds. The van der Waals surface area contributed by atoms with Crippen molar-refractivity contribution in [2.24, 2.45) is 0 Å². The lowest BCUT2D eigenvalue weighted by atomic mass is 10.1. The number of fused-ring (bicyclic) bond motifs is 1. The molecule has 32 heavy (non-hydrogen) atoms. The summed E-state index contributed by atoms with van der Waals surface area (Å²) in [4.78, 5) is 13.3. The number of aromatic nitrogens is 2. The molecule has 170 valence electrons. The Hall–Kier alpha value is -2.85. The maximum absolute atomic E-state index is 14.3. The summed E-state index contributed by atoms with van der Waals surface area (Å²) in [6.07, 6.45) is -4.12. The van der Waals surface area contributed by atoms with Gasteiger partial charge in [-0.3, -0.25) is 9.58 Å². The summed E-state index contributed by atoms with van der Waals surface area (Å²) < 4.78 is 57.5. The molecule has 0 saturated carbocycles. The SMILES string of the molecule is Cc1nn([C@@H]2CCN(Cc3cc(Cl)cc(OC(F)(F)F)c3)C2)c2cc(F)c(C(=O)O)cc12. The third-order valence-electron chi connectivity index (χ3n) is 5.37. The lowest BCUT2D eigenvalue weighted by Crippen LogP contribution is -2.22. The number of carbonyl (C=O) groups is 1. The number of alkyl halides is 3. The lowest BCUT2D eigenvalue weighted by Gasteiger charge is -2.18. The number of rotatable bonds is 5. The highest BCUT2D eigenvalue weighted by atomic mass is 35.5. The molecule has 11 heteroatoms. The lowest BCUT2D eigenvalue weighted by molar-refractivity contribution is -0.274. The van der Waals surface area contributed by atoms with Gasteiger partial charge in [0.05, 0.1) is 22.8 Å². The van der Waals surface area contributed by atoms with Crippen molar-refractivity contribution in [3.8, 4) is 5.75 Å². The average molecular weight is 472 g/mol. The van der Waals surface area contributed by atoms with Crippen LogP contribution < -0.4 is 4.74 Å². The van der Waals surface area contributed by atoms with E-state index in [2.05, 4.69) is 9.84 Å². The summed E-state index contributed by atoms with van der Waals surface area (Å²) in [7, 11) is 0. The van der Waals surface area contributed by atoms with Gasteiger partial charge in [-0.05, 0) is 43.2 Å². The molecule has 1 aliphatic heterocycles. The van der Waals surface area contributed by atoms with Crippen LogP contribution in [0.5, 0.6) is 5.75 Å². The standard InChI is InChI=1S/C21H18ClF4N3O3/c1-11-16-7-17(20(30)31)18(23)8-19(16)29(27-11)14-2-3-28(10-14)9-12-4-13(22)6-15(5-12)32-21(24,25)26/h4-8,14H,2-3,9-10H2,1H3,(H,30,31)/t14-/m1/s1. The number of likely N-dealkylation sites (tertiary alicyclic amines) is 1. The Bertz CT molecular complexity index is 1200. The summed E-state index contributed by atoms with van der Waals surface area (Å²) in [5.74, 6) is -2.56. The van der Waals surface area contributed by atoms with Crippen LogP contribution >= 0.6 is 11.6 Å². The van der Waals surface area contributed by atoms with Gasteiger partial charge in [-0.25, -0.2) is 9.18 Å². The van der Waals surface area contributed by atoms with E-state index in [1.54, 1.807) is 17.7 Å². The molecule has 1 aliphatic rings. The fourth-order valence-electron chi connectivity index (χ4n) is 4.07. The summed E-state index contributed by atoms with van der Waals surface area (Å²) >= 11 is 5.95. The molecule has 0 radical (unpaired) electrons. The predicted molar refractivity (Wildman–Crippen MR) is 108 cm³/mol.